The first kappa shape index (κ1) is 22.8. The summed E-state index contributed by atoms with van der Waals surface area (Å²) in [6.45, 7) is 10.9. The van der Waals surface area contributed by atoms with Gasteiger partial charge in [0.2, 0.25) is 0 Å². The topological polar surface area (TPSA) is 52.4 Å². The van der Waals surface area contributed by atoms with Crippen molar-refractivity contribution in [3.05, 3.63) is 99.9 Å². The molecule has 0 fully saturated rings. The zero-order valence-corrected chi connectivity index (χ0v) is 19.6. The molecular weight excluding hydrogens is 409 g/mol. The quantitative estimate of drug-likeness (QED) is 0.228. The Morgan fingerprint density at radius 3 is 1.68 bits per heavy atom. The first-order chi connectivity index (χ1) is 14.5. The number of nitrogens with zero attached hydrogens (tertiary/aromatic N) is 1. The van der Waals surface area contributed by atoms with Gasteiger partial charge in [0.15, 0.2) is 8.32 Å². The van der Waals surface area contributed by atoms with Gasteiger partial charge < -0.3 is 4.43 Å². The van der Waals surface area contributed by atoms with Crippen molar-refractivity contribution >= 4 is 14.0 Å². The zero-order valence-electron chi connectivity index (χ0n) is 18.6. The Kier molecular flexibility index (Phi) is 6.43. The van der Waals surface area contributed by atoms with E-state index in [0.29, 0.717) is 0 Å². The minimum Gasteiger partial charge on any atom is -0.406 e. The summed E-state index contributed by atoms with van der Waals surface area (Å²) in [6, 6.07) is 21.0. The highest BCUT2D eigenvalue weighted by atomic mass is 28.4. The molecule has 31 heavy (non-hydrogen) atoms. The number of halogens is 1. The fourth-order valence-electron chi connectivity index (χ4n) is 3.06. The molecule has 162 valence electrons. The molecule has 0 bridgehead atoms. The molecule has 0 aliphatic carbocycles. The van der Waals surface area contributed by atoms with Gasteiger partial charge in [0, 0.05) is 12.1 Å². The van der Waals surface area contributed by atoms with Crippen LogP contribution in [0.4, 0.5) is 10.1 Å². The lowest BCUT2D eigenvalue weighted by molar-refractivity contribution is -0.384. The standard InChI is InChI=1S/C25H28FNO3Si/c1-25(2,3)31(4,5)30-24(21-12-16-23(17-13-21)27(28)29)20-8-6-18(7-9-20)19-10-14-22(26)15-11-19/h6-17,24H,1-5H3. The second-order valence-corrected chi connectivity index (χ2v) is 14.0. The second-order valence-electron chi connectivity index (χ2n) is 9.24. The van der Waals surface area contributed by atoms with E-state index in [0.717, 1.165) is 22.3 Å². The SMILES string of the molecule is CC(C)(C)[Si](C)(C)OC(c1ccc(-c2ccc(F)cc2)cc1)c1ccc([N+](=O)[O-])cc1. The van der Waals surface area contributed by atoms with Crippen molar-refractivity contribution in [1.82, 2.24) is 0 Å². The highest BCUT2D eigenvalue weighted by Crippen LogP contribution is 2.42. The van der Waals surface area contributed by atoms with Crippen molar-refractivity contribution in [1.29, 1.82) is 0 Å². The molecule has 1 unspecified atom stereocenters. The van der Waals surface area contributed by atoms with E-state index in [4.69, 9.17) is 4.43 Å². The summed E-state index contributed by atoms with van der Waals surface area (Å²) in [5.74, 6) is -0.263. The number of non-ortho nitro benzene ring substituents is 1. The Morgan fingerprint density at radius 2 is 1.26 bits per heavy atom. The van der Waals surface area contributed by atoms with Crippen LogP contribution >= 0.6 is 0 Å². The molecule has 0 heterocycles. The van der Waals surface area contributed by atoms with E-state index in [1.54, 1.807) is 24.3 Å². The van der Waals surface area contributed by atoms with Gasteiger partial charge in [0.1, 0.15) is 5.82 Å². The minimum absolute atomic E-state index is 0.0140. The maximum Gasteiger partial charge on any atom is 0.269 e. The molecule has 0 saturated heterocycles. The van der Waals surface area contributed by atoms with Crippen LogP contribution in [0.2, 0.25) is 18.1 Å². The van der Waals surface area contributed by atoms with E-state index in [1.807, 2.05) is 24.3 Å². The number of nitro groups is 1. The molecule has 0 aliphatic heterocycles. The Balaban J connectivity index is 1.99. The summed E-state index contributed by atoms with van der Waals surface area (Å²) in [5, 5.41) is 11.1. The van der Waals surface area contributed by atoms with Gasteiger partial charge in [0.05, 0.1) is 11.0 Å². The maximum atomic E-state index is 13.2. The van der Waals surface area contributed by atoms with Crippen LogP contribution in [0.25, 0.3) is 11.1 Å². The first-order valence-corrected chi connectivity index (χ1v) is 13.2. The summed E-state index contributed by atoms with van der Waals surface area (Å²) in [6.07, 6.45) is -0.330. The van der Waals surface area contributed by atoms with Gasteiger partial charge in [-0.2, -0.15) is 0 Å². The van der Waals surface area contributed by atoms with Crippen molar-refractivity contribution in [2.45, 2.75) is 45.0 Å². The van der Waals surface area contributed by atoms with Crippen LogP contribution in [0.15, 0.2) is 72.8 Å². The van der Waals surface area contributed by atoms with Gasteiger partial charge in [-0.15, -0.1) is 0 Å². The van der Waals surface area contributed by atoms with E-state index >= 15 is 0 Å². The monoisotopic (exact) mass is 437 g/mol. The zero-order chi connectivity index (χ0) is 22.8. The van der Waals surface area contributed by atoms with Crippen molar-refractivity contribution < 1.29 is 13.7 Å². The Morgan fingerprint density at radius 1 is 0.839 bits per heavy atom. The van der Waals surface area contributed by atoms with Crippen molar-refractivity contribution in [2.75, 3.05) is 0 Å². The van der Waals surface area contributed by atoms with Crippen molar-refractivity contribution in [2.24, 2.45) is 0 Å². The molecule has 6 heteroatoms. The van der Waals surface area contributed by atoms with E-state index < -0.39 is 13.2 Å². The number of benzene rings is 3. The fraction of sp³-hybridized carbons (Fsp3) is 0.280. The molecule has 0 radical (unpaired) electrons. The highest BCUT2D eigenvalue weighted by molar-refractivity contribution is 6.74. The Bertz CT molecular complexity index is 1040. The lowest BCUT2D eigenvalue weighted by Crippen LogP contribution is -2.42. The lowest BCUT2D eigenvalue weighted by Gasteiger charge is -2.39. The number of hydrogen-bond donors (Lipinski definition) is 0. The van der Waals surface area contributed by atoms with Gasteiger partial charge in [-0.1, -0.05) is 57.2 Å². The third kappa shape index (κ3) is 5.27. The largest absolute Gasteiger partial charge is 0.406 e. The second kappa shape index (κ2) is 8.73. The van der Waals surface area contributed by atoms with Crippen LogP contribution < -0.4 is 0 Å². The molecule has 0 amide bonds. The summed E-state index contributed by atoms with van der Waals surface area (Å²) in [4.78, 5) is 10.7. The summed E-state index contributed by atoms with van der Waals surface area (Å²) in [5.41, 5.74) is 3.83. The molecule has 3 rings (SSSR count). The van der Waals surface area contributed by atoms with Crippen LogP contribution in [0.3, 0.4) is 0 Å². The molecule has 0 spiro atoms. The minimum atomic E-state index is -2.13. The van der Waals surface area contributed by atoms with Gasteiger partial charge >= 0.3 is 0 Å². The number of hydrogen-bond acceptors (Lipinski definition) is 3. The molecule has 0 aliphatic rings. The fourth-order valence-corrected chi connectivity index (χ4v) is 4.28. The summed E-state index contributed by atoms with van der Waals surface area (Å²) >= 11 is 0. The average Bonchev–Trinajstić information content (AvgIpc) is 2.72. The molecule has 3 aromatic carbocycles. The van der Waals surface area contributed by atoms with E-state index in [1.165, 1.54) is 24.3 Å². The normalized spacial score (nSPS) is 13.1. The number of rotatable bonds is 6. The maximum absolute atomic E-state index is 13.2. The van der Waals surface area contributed by atoms with Crippen LogP contribution in [-0.4, -0.2) is 13.2 Å². The highest BCUT2D eigenvalue weighted by Gasteiger charge is 2.39. The molecule has 3 aromatic rings. The molecule has 1 atom stereocenters. The van der Waals surface area contributed by atoms with E-state index in [2.05, 4.69) is 33.9 Å². The first-order valence-electron chi connectivity index (χ1n) is 10.3. The smallest absolute Gasteiger partial charge is 0.269 e. The van der Waals surface area contributed by atoms with Gasteiger partial charge in [-0.3, -0.25) is 10.1 Å². The molecule has 0 N–H and O–H groups in total. The van der Waals surface area contributed by atoms with Crippen LogP contribution in [0, 0.1) is 15.9 Å². The number of nitro benzene ring substituents is 1. The van der Waals surface area contributed by atoms with Gasteiger partial charge in [-0.05, 0) is 64.7 Å². The predicted octanol–water partition coefficient (Wildman–Crippen LogP) is 7.51. The Labute approximate surface area is 184 Å². The summed E-state index contributed by atoms with van der Waals surface area (Å²) < 4.78 is 20.0. The average molecular weight is 438 g/mol. The van der Waals surface area contributed by atoms with Crippen LogP contribution in [0.1, 0.15) is 38.0 Å². The van der Waals surface area contributed by atoms with E-state index in [9.17, 15) is 14.5 Å². The lowest BCUT2D eigenvalue weighted by atomic mass is 9.98. The Hall–Kier alpha value is -2.83. The van der Waals surface area contributed by atoms with Gasteiger partial charge in [-0.25, -0.2) is 4.39 Å². The van der Waals surface area contributed by atoms with Crippen molar-refractivity contribution in [3.8, 4) is 11.1 Å². The summed E-state index contributed by atoms with van der Waals surface area (Å²) in [7, 11) is -2.13. The predicted molar refractivity (Wildman–Crippen MR) is 125 cm³/mol. The molecular formula is C25H28FNO3Si. The van der Waals surface area contributed by atoms with E-state index in [-0.39, 0.29) is 22.6 Å². The molecule has 0 saturated carbocycles. The van der Waals surface area contributed by atoms with Crippen LogP contribution in [-0.2, 0) is 4.43 Å². The van der Waals surface area contributed by atoms with Gasteiger partial charge in [0.25, 0.3) is 5.69 Å². The third-order valence-corrected chi connectivity index (χ3v) is 10.5. The third-order valence-electron chi connectivity index (χ3n) is 6.02. The molecule has 4 nitrogen and oxygen atoms in total. The van der Waals surface area contributed by atoms with Crippen molar-refractivity contribution in [3.63, 3.8) is 0 Å². The molecule has 0 aromatic heterocycles. The van der Waals surface area contributed by atoms with Crippen LogP contribution in [0.5, 0.6) is 0 Å².